The predicted octanol–water partition coefficient (Wildman–Crippen LogP) is 2.57. The van der Waals surface area contributed by atoms with Crippen molar-refractivity contribution in [2.45, 2.75) is 45.1 Å². The lowest BCUT2D eigenvalue weighted by Crippen LogP contribution is -2.47. The molecule has 0 saturated carbocycles. The molecule has 1 aromatic rings. The molecule has 27 heavy (non-hydrogen) atoms. The highest BCUT2D eigenvalue weighted by Crippen LogP contribution is 2.23. The predicted molar refractivity (Wildman–Crippen MR) is 103 cm³/mol. The van der Waals surface area contributed by atoms with Crippen LogP contribution < -0.4 is 10.6 Å². The van der Waals surface area contributed by atoms with Gasteiger partial charge in [-0.1, -0.05) is 19.1 Å². The van der Waals surface area contributed by atoms with Crippen LogP contribution in [-0.2, 0) is 4.79 Å². The number of carbonyl (C=O) groups excluding carboxylic acids is 2. The first-order valence-corrected chi connectivity index (χ1v) is 10.1. The maximum atomic E-state index is 13.8. The van der Waals surface area contributed by atoms with Gasteiger partial charge in [0.05, 0.1) is 5.56 Å². The van der Waals surface area contributed by atoms with Crippen molar-refractivity contribution >= 4 is 11.8 Å². The maximum Gasteiger partial charge on any atom is 0.256 e. The number of hydrogen-bond donors (Lipinski definition) is 2. The average Bonchev–Trinajstić information content (AvgIpc) is 2.69. The largest absolute Gasteiger partial charge is 0.353 e. The Bertz CT molecular complexity index is 653. The molecule has 2 aliphatic heterocycles. The molecule has 2 N–H and O–H groups in total. The van der Waals surface area contributed by atoms with E-state index < -0.39 is 5.82 Å². The summed E-state index contributed by atoms with van der Waals surface area (Å²) in [4.78, 5) is 26.5. The lowest BCUT2D eigenvalue weighted by molar-refractivity contribution is -0.123. The zero-order valence-electron chi connectivity index (χ0n) is 16.0. The van der Waals surface area contributed by atoms with Crippen molar-refractivity contribution in [3.8, 4) is 0 Å². The molecule has 2 fully saturated rings. The van der Waals surface area contributed by atoms with E-state index in [1.807, 2.05) is 0 Å². The summed E-state index contributed by atoms with van der Waals surface area (Å²) in [5.41, 5.74) is 0.120. The molecule has 2 atom stereocenters. The van der Waals surface area contributed by atoms with E-state index in [4.69, 9.17) is 0 Å². The molecule has 2 unspecified atom stereocenters. The highest BCUT2D eigenvalue weighted by molar-refractivity contribution is 5.94. The number of nitrogens with zero attached hydrogens (tertiary/aromatic N) is 1. The van der Waals surface area contributed by atoms with Gasteiger partial charge in [-0.15, -0.1) is 0 Å². The molecule has 3 rings (SSSR count). The number of carbonyl (C=O) groups is 2. The molecule has 0 aliphatic carbocycles. The highest BCUT2D eigenvalue weighted by atomic mass is 19.1. The molecule has 148 valence electrons. The molecule has 0 aromatic heterocycles. The van der Waals surface area contributed by atoms with Gasteiger partial charge in [0.2, 0.25) is 5.91 Å². The van der Waals surface area contributed by atoms with Crippen molar-refractivity contribution in [2.24, 2.45) is 11.8 Å². The minimum atomic E-state index is -0.482. The van der Waals surface area contributed by atoms with Gasteiger partial charge in [-0.2, -0.15) is 0 Å². The fourth-order valence-corrected chi connectivity index (χ4v) is 4.14. The molecule has 0 bridgehead atoms. The number of benzene rings is 1. The lowest BCUT2D eigenvalue weighted by Gasteiger charge is -2.33. The number of likely N-dealkylation sites (tertiary alicyclic amines) is 1. The standard InChI is InChI=1S/C21H30FN3O2/c1-15(16-5-4-10-23-14-16)13-20(26)24-17-8-11-25(12-9-17)21(27)18-6-2-3-7-19(18)22/h2-3,6-7,15-17,23H,4-5,8-14H2,1H3,(H,24,26). The van der Waals surface area contributed by atoms with Gasteiger partial charge in [-0.25, -0.2) is 4.39 Å². The fourth-order valence-electron chi connectivity index (χ4n) is 4.14. The molecule has 0 radical (unpaired) electrons. The van der Waals surface area contributed by atoms with Gasteiger partial charge in [0.1, 0.15) is 5.82 Å². The van der Waals surface area contributed by atoms with Crippen molar-refractivity contribution in [1.29, 1.82) is 0 Å². The Morgan fingerprint density at radius 1 is 1.26 bits per heavy atom. The second-order valence-electron chi connectivity index (χ2n) is 7.90. The van der Waals surface area contributed by atoms with E-state index in [1.54, 1.807) is 17.0 Å². The number of piperidine rings is 2. The Kier molecular flexibility index (Phi) is 6.83. The second-order valence-corrected chi connectivity index (χ2v) is 7.90. The number of rotatable bonds is 5. The van der Waals surface area contributed by atoms with Crippen LogP contribution in [0.5, 0.6) is 0 Å². The summed E-state index contributed by atoms with van der Waals surface area (Å²) in [6.45, 7) is 5.33. The molecule has 0 spiro atoms. The Morgan fingerprint density at radius 3 is 2.67 bits per heavy atom. The quantitative estimate of drug-likeness (QED) is 0.832. The molecule has 2 amide bonds. The molecule has 5 nitrogen and oxygen atoms in total. The van der Waals surface area contributed by atoms with Crippen LogP contribution in [0.4, 0.5) is 4.39 Å². The molecule has 6 heteroatoms. The smallest absolute Gasteiger partial charge is 0.256 e. The third-order valence-corrected chi connectivity index (χ3v) is 5.90. The number of hydrogen-bond acceptors (Lipinski definition) is 3. The molecule has 2 heterocycles. The number of amides is 2. The van der Waals surface area contributed by atoms with E-state index in [9.17, 15) is 14.0 Å². The normalized spacial score (nSPS) is 22.3. The maximum absolute atomic E-state index is 13.8. The molecular weight excluding hydrogens is 345 g/mol. The summed E-state index contributed by atoms with van der Waals surface area (Å²) in [7, 11) is 0. The lowest BCUT2D eigenvalue weighted by atomic mass is 9.85. The monoisotopic (exact) mass is 375 g/mol. The Hall–Kier alpha value is -1.95. The van der Waals surface area contributed by atoms with Gasteiger partial charge >= 0.3 is 0 Å². The van der Waals surface area contributed by atoms with Crippen molar-refractivity contribution in [3.05, 3.63) is 35.6 Å². The Morgan fingerprint density at radius 2 is 2.00 bits per heavy atom. The SMILES string of the molecule is CC(CC(=O)NC1CCN(C(=O)c2ccccc2F)CC1)C1CCCNC1. The van der Waals surface area contributed by atoms with Gasteiger partial charge in [0.25, 0.3) is 5.91 Å². The molecule has 2 saturated heterocycles. The minimum absolute atomic E-state index is 0.0962. The van der Waals surface area contributed by atoms with Gasteiger partial charge in [-0.05, 0) is 62.7 Å². The number of halogens is 1. The van der Waals surface area contributed by atoms with Crippen LogP contribution in [0.15, 0.2) is 24.3 Å². The van der Waals surface area contributed by atoms with E-state index in [1.165, 1.54) is 25.0 Å². The zero-order chi connectivity index (χ0) is 19.2. The summed E-state index contributed by atoms with van der Waals surface area (Å²) in [6, 6.07) is 6.18. The molecule has 2 aliphatic rings. The van der Waals surface area contributed by atoms with Gasteiger partial charge < -0.3 is 15.5 Å². The van der Waals surface area contributed by atoms with E-state index in [0.29, 0.717) is 44.2 Å². The minimum Gasteiger partial charge on any atom is -0.353 e. The summed E-state index contributed by atoms with van der Waals surface area (Å²) in [6.07, 6.45) is 4.36. The van der Waals surface area contributed by atoms with Crippen LogP contribution in [-0.4, -0.2) is 48.9 Å². The van der Waals surface area contributed by atoms with Crippen molar-refractivity contribution in [1.82, 2.24) is 15.5 Å². The second kappa shape index (κ2) is 9.31. The van der Waals surface area contributed by atoms with E-state index in [2.05, 4.69) is 17.6 Å². The Balaban J connectivity index is 1.43. The first-order chi connectivity index (χ1) is 13.0. The summed E-state index contributed by atoms with van der Waals surface area (Å²) in [5, 5.41) is 6.54. The van der Waals surface area contributed by atoms with Gasteiger partial charge in [-0.3, -0.25) is 9.59 Å². The van der Waals surface area contributed by atoms with Crippen LogP contribution in [0.25, 0.3) is 0 Å². The van der Waals surface area contributed by atoms with Crippen LogP contribution >= 0.6 is 0 Å². The third kappa shape index (κ3) is 5.28. The summed E-state index contributed by atoms with van der Waals surface area (Å²) >= 11 is 0. The van der Waals surface area contributed by atoms with Gasteiger partial charge in [0, 0.05) is 25.6 Å². The van der Waals surface area contributed by atoms with Crippen LogP contribution in [0, 0.1) is 17.7 Å². The average molecular weight is 375 g/mol. The van der Waals surface area contributed by atoms with E-state index >= 15 is 0 Å². The summed E-state index contributed by atoms with van der Waals surface area (Å²) in [5.74, 6) is 0.303. The van der Waals surface area contributed by atoms with Gasteiger partial charge in [0.15, 0.2) is 0 Å². The summed E-state index contributed by atoms with van der Waals surface area (Å²) < 4.78 is 13.8. The van der Waals surface area contributed by atoms with Crippen LogP contribution in [0.1, 0.15) is 49.4 Å². The first-order valence-electron chi connectivity index (χ1n) is 10.1. The highest BCUT2D eigenvalue weighted by Gasteiger charge is 2.27. The number of nitrogens with one attached hydrogen (secondary N) is 2. The molecule has 1 aromatic carbocycles. The van der Waals surface area contributed by atoms with Crippen molar-refractivity contribution < 1.29 is 14.0 Å². The van der Waals surface area contributed by atoms with Crippen molar-refractivity contribution in [3.63, 3.8) is 0 Å². The van der Waals surface area contributed by atoms with E-state index in [-0.39, 0.29) is 23.4 Å². The molecular formula is C21H30FN3O2. The van der Waals surface area contributed by atoms with Crippen molar-refractivity contribution in [2.75, 3.05) is 26.2 Å². The van der Waals surface area contributed by atoms with E-state index in [0.717, 1.165) is 13.1 Å². The Labute approximate surface area is 160 Å². The fraction of sp³-hybridized carbons (Fsp3) is 0.619. The topological polar surface area (TPSA) is 61.4 Å². The van der Waals surface area contributed by atoms with Crippen LogP contribution in [0.3, 0.4) is 0 Å². The van der Waals surface area contributed by atoms with Crippen LogP contribution in [0.2, 0.25) is 0 Å². The zero-order valence-corrected chi connectivity index (χ0v) is 16.0. The third-order valence-electron chi connectivity index (χ3n) is 5.90. The first kappa shape index (κ1) is 19.8.